The molecule has 2 aromatic rings. The third-order valence-corrected chi connectivity index (χ3v) is 5.51. The lowest BCUT2D eigenvalue weighted by Gasteiger charge is -2.37. The first-order valence-corrected chi connectivity index (χ1v) is 9.98. The predicted octanol–water partition coefficient (Wildman–Crippen LogP) is 3.85. The van der Waals surface area contributed by atoms with Crippen LogP contribution in [-0.2, 0) is 0 Å². The Morgan fingerprint density at radius 3 is 2.50 bits per heavy atom. The first-order valence-electron chi connectivity index (χ1n) is 8.40. The molecule has 10 heteroatoms. The summed E-state index contributed by atoms with van der Waals surface area (Å²) in [6, 6.07) is 11.5. The Hall–Kier alpha value is -2.23. The van der Waals surface area contributed by atoms with Crippen LogP contribution in [0.2, 0.25) is 5.02 Å². The van der Waals surface area contributed by atoms with Crippen LogP contribution in [0.5, 0.6) is 0 Å². The average molecular weight is 484 g/mol. The van der Waals surface area contributed by atoms with Gasteiger partial charge in [-0.05, 0) is 36.5 Å². The monoisotopic (exact) mass is 482 g/mol. The fourth-order valence-corrected chi connectivity index (χ4v) is 3.86. The zero-order valence-corrected chi connectivity index (χ0v) is 17.8. The van der Waals surface area contributed by atoms with E-state index in [1.807, 2.05) is 15.9 Å². The second kappa shape index (κ2) is 8.85. The second-order valence-electron chi connectivity index (χ2n) is 6.14. The number of piperazine rings is 1. The molecule has 0 aromatic heterocycles. The summed E-state index contributed by atoms with van der Waals surface area (Å²) < 4.78 is 0.819. The van der Waals surface area contributed by atoms with Crippen LogP contribution in [-0.4, -0.2) is 47.0 Å². The number of benzene rings is 2. The molecule has 146 valence electrons. The Balaban J connectivity index is 1.58. The van der Waals surface area contributed by atoms with Gasteiger partial charge in [0.05, 0.1) is 15.6 Å². The van der Waals surface area contributed by atoms with Crippen molar-refractivity contribution < 1.29 is 9.72 Å². The van der Waals surface area contributed by atoms with Crippen molar-refractivity contribution >= 4 is 62.1 Å². The van der Waals surface area contributed by atoms with Gasteiger partial charge in [0, 0.05) is 48.3 Å². The third-order valence-electron chi connectivity index (χ3n) is 4.36. The second-order valence-corrected chi connectivity index (χ2v) is 7.85. The molecule has 1 amide bonds. The summed E-state index contributed by atoms with van der Waals surface area (Å²) in [5, 5.41) is 14.3. The normalized spacial score (nSPS) is 13.9. The fraction of sp³-hybridized carbons (Fsp3) is 0.222. The molecular formula is C18H16BrClN4O3S. The van der Waals surface area contributed by atoms with Gasteiger partial charge in [-0.2, -0.15) is 0 Å². The Kier molecular flexibility index (Phi) is 6.48. The molecule has 0 atom stereocenters. The van der Waals surface area contributed by atoms with Crippen LogP contribution < -0.4 is 10.2 Å². The summed E-state index contributed by atoms with van der Waals surface area (Å²) in [7, 11) is 0. The number of carbonyl (C=O) groups excluding carboxylic acids is 1. The molecule has 1 aliphatic rings. The minimum atomic E-state index is -0.472. The summed E-state index contributed by atoms with van der Waals surface area (Å²) in [6.07, 6.45) is 0. The molecule has 1 N–H and O–H groups in total. The third kappa shape index (κ3) is 4.78. The van der Waals surface area contributed by atoms with Gasteiger partial charge < -0.3 is 9.80 Å². The van der Waals surface area contributed by atoms with Gasteiger partial charge in [-0.3, -0.25) is 20.2 Å². The first-order chi connectivity index (χ1) is 13.3. The number of carbonyl (C=O) groups is 1. The maximum atomic E-state index is 12.3. The summed E-state index contributed by atoms with van der Waals surface area (Å²) in [4.78, 5) is 26.7. The van der Waals surface area contributed by atoms with Crippen LogP contribution in [0.3, 0.4) is 0 Å². The highest BCUT2D eigenvalue weighted by molar-refractivity contribution is 9.10. The Morgan fingerprint density at radius 2 is 1.89 bits per heavy atom. The van der Waals surface area contributed by atoms with Crippen molar-refractivity contribution in [3.8, 4) is 0 Å². The van der Waals surface area contributed by atoms with Crippen molar-refractivity contribution in [2.24, 2.45) is 0 Å². The van der Waals surface area contributed by atoms with Crippen molar-refractivity contribution in [1.82, 2.24) is 10.2 Å². The van der Waals surface area contributed by atoms with Crippen molar-refractivity contribution in [2.75, 3.05) is 31.1 Å². The molecule has 2 aromatic carbocycles. The maximum Gasteiger partial charge on any atom is 0.271 e. The molecule has 7 nitrogen and oxygen atoms in total. The molecule has 0 saturated carbocycles. The summed E-state index contributed by atoms with van der Waals surface area (Å²) in [5.41, 5.74) is 1.23. The van der Waals surface area contributed by atoms with Crippen molar-refractivity contribution in [1.29, 1.82) is 0 Å². The zero-order valence-electron chi connectivity index (χ0n) is 14.6. The number of halogens is 2. The molecule has 1 heterocycles. The van der Waals surface area contributed by atoms with Crippen LogP contribution in [0, 0.1) is 10.1 Å². The van der Waals surface area contributed by atoms with E-state index in [9.17, 15) is 14.9 Å². The quantitative estimate of drug-likeness (QED) is 0.406. The van der Waals surface area contributed by atoms with E-state index >= 15 is 0 Å². The predicted molar refractivity (Wildman–Crippen MR) is 116 cm³/mol. The SMILES string of the molecule is O=C(NC(=S)N1CCN(c2ccc([N+](=O)[O-])cc2Cl)CC1)c1cccc(Br)c1. The number of amides is 1. The van der Waals surface area contributed by atoms with Gasteiger partial charge in [-0.1, -0.05) is 33.6 Å². The van der Waals surface area contributed by atoms with E-state index in [1.165, 1.54) is 12.1 Å². The Labute approximate surface area is 180 Å². The number of nitro benzene ring substituents is 1. The van der Waals surface area contributed by atoms with Crippen LogP contribution in [0.15, 0.2) is 46.9 Å². The molecule has 0 unspecified atom stereocenters. The lowest BCUT2D eigenvalue weighted by Crippen LogP contribution is -2.52. The Morgan fingerprint density at radius 1 is 1.18 bits per heavy atom. The van der Waals surface area contributed by atoms with E-state index < -0.39 is 4.92 Å². The number of non-ortho nitro benzene ring substituents is 1. The van der Waals surface area contributed by atoms with Gasteiger partial charge in [0.15, 0.2) is 5.11 Å². The molecule has 0 spiro atoms. The molecule has 0 aliphatic carbocycles. The van der Waals surface area contributed by atoms with Crippen LogP contribution in [0.1, 0.15) is 10.4 Å². The maximum absolute atomic E-state index is 12.3. The average Bonchev–Trinajstić information content (AvgIpc) is 2.68. The molecule has 1 aliphatic heterocycles. The highest BCUT2D eigenvalue weighted by Gasteiger charge is 2.23. The highest BCUT2D eigenvalue weighted by Crippen LogP contribution is 2.30. The van der Waals surface area contributed by atoms with Crippen LogP contribution >= 0.6 is 39.7 Å². The largest absolute Gasteiger partial charge is 0.367 e. The van der Waals surface area contributed by atoms with E-state index in [0.717, 1.165) is 10.2 Å². The summed E-state index contributed by atoms with van der Waals surface area (Å²) in [6.45, 7) is 2.46. The topological polar surface area (TPSA) is 78.7 Å². The number of nitro groups is 1. The lowest BCUT2D eigenvalue weighted by molar-refractivity contribution is -0.384. The minimum Gasteiger partial charge on any atom is -0.367 e. The smallest absolute Gasteiger partial charge is 0.271 e. The number of hydrogen-bond acceptors (Lipinski definition) is 5. The van der Waals surface area contributed by atoms with E-state index in [0.29, 0.717) is 41.9 Å². The van der Waals surface area contributed by atoms with Crippen LogP contribution in [0.4, 0.5) is 11.4 Å². The molecule has 3 rings (SSSR count). The number of nitrogens with one attached hydrogen (secondary N) is 1. The number of thiocarbonyl (C=S) groups is 1. The van der Waals surface area contributed by atoms with Gasteiger partial charge in [0.25, 0.3) is 11.6 Å². The van der Waals surface area contributed by atoms with Gasteiger partial charge in [0.1, 0.15) is 0 Å². The molecule has 1 fully saturated rings. The minimum absolute atomic E-state index is 0.0381. The summed E-state index contributed by atoms with van der Waals surface area (Å²) >= 11 is 14.9. The van der Waals surface area contributed by atoms with E-state index in [1.54, 1.807) is 24.3 Å². The number of rotatable bonds is 3. The van der Waals surface area contributed by atoms with Gasteiger partial charge in [0.2, 0.25) is 0 Å². The van der Waals surface area contributed by atoms with E-state index in [4.69, 9.17) is 23.8 Å². The van der Waals surface area contributed by atoms with Gasteiger partial charge >= 0.3 is 0 Å². The molecule has 1 saturated heterocycles. The van der Waals surface area contributed by atoms with Crippen LogP contribution in [0.25, 0.3) is 0 Å². The van der Waals surface area contributed by atoms with Gasteiger partial charge in [-0.15, -0.1) is 0 Å². The molecule has 0 bridgehead atoms. The highest BCUT2D eigenvalue weighted by atomic mass is 79.9. The van der Waals surface area contributed by atoms with Crippen molar-refractivity contribution in [3.63, 3.8) is 0 Å². The van der Waals surface area contributed by atoms with Crippen molar-refractivity contribution in [3.05, 3.63) is 67.6 Å². The number of hydrogen-bond donors (Lipinski definition) is 1. The summed E-state index contributed by atoms with van der Waals surface area (Å²) in [5.74, 6) is -0.257. The van der Waals surface area contributed by atoms with Crippen molar-refractivity contribution in [2.45, 2.75) is 0 Å². The first kappa shape index (κ1) is 20.5. The fourth-order valence-electron chi connectivity index (χ4n) is 2.89. The van der Waals surface area contributed by atoms with Gasteiger partial charge in [-0.25, -0.2) is 0 Å². The van der Waals surface area contributed by atoms with E-state index in [2.05, 4.69) is 21.2 Å². The molecule has 28 heavy (non-hydrogen) atoms. The Bertz CT molecular complexity index is 935. The standard InChI is InChI=1S/C18H16BrClN4O3S/c19-13-3-1-2-12(10-13)17(25)21-18(28)23-8-6-22(7-9-23)16-5-4-14(24(26)27)11-15(16)20/h1-5,10-11H,6-9H2,(H,21,25,28). The molecular weight excluding hydrogens is 468 g/mol. The lowest BCUT2D eigenvalue weighted by atomic mass is 10.2. The number of anilines is 1. The number of nitrogens with zero attached hydrogens (tertiary/aromatic N) is 3. The molecule has 0 radical (unpaired) electrons. The zero-order chi connectivity index (χ0) is 20.3. The van der Waals surface area contributed by atoms with E-state index in [-0.39, 0.29) is 11.6 Å².